The number of piperidine rings is 1. The monoisotopic (exact) mass is 595 g/mol. The highest BCUT2D eigenvalue weighted by atomic mass is 35.5. The number of aryl methyl sites for hydroxylation is 1. The first-order valence-corrected chi connectivity index (χ1v) is 15.9. The Kier molecular flexibility index (Phi) is 7.86. The van der Waals surface area contributed by atoms with Crippen molar-refractivity contribution in [3.05, 3.63) is 95.0 Å². The minimum Gasteiger partial charge on any atom is -0.339 e. The maximum atomic E-state index is 13.4. The van der Waals surface area contributed by atoms with Gasteiger partial charge in [-0.15, -0.1) is 0 Å². The second kappa shape index (κ2) is 11.4. The fourth-order valence-electron chi connectivity index (χ4n) is 6.19. The van der Waals surface area contributed by atoms with Crippen molar-refractivity contribution in [3.8, 4) is 0 Å². The second-order valence-electron chi connectivity index (χ2n) is 11.5. The van der Waals surface area contributed by atoms with Crippen molar-refractivity contribution >= 4 is 22.0 Å². The summed E-state index contributed by atoms with van der Waals surface area (Å²) in [5, 5.41) is 5.08. The molecule has 2 fully saturated rings. The molecule has 1 aliphatic carbocycles. The molecule has 11 heteroatoms. The molecule has 1 N–H and O–H groups in total. The molecule has 6 rings (SSSR count). The number of rotatable bonds is 10. The quantitative estimate of drug-likeness (QED) is 0.256. The standard InChI is InChI=1S/C30H35ClN6O3S/c1-35-19-28(32-21-35)41(38,39)36(2)20-30(24-9-6-10-26(31)16-24)17-25(30)18-37-13-11-23(12-14-37)29-33-27(34-40-29)15-22-7-4-3-5-8-22/h3-10,16,19,21,23,25H,11-15,17-18,20H2,1-2H3/p+1/t25-,30+/m0/s1. The number of benzene rings is 2. The van der Waals surface area contributed by atoms with Crippen molar-refractivity contribution in [3.63, 3.8) is 0 Å². The third-order valence-electron chi connectivity index (χ3n) is 8.62. The summed E-state index contributed by atoms with van der Waals surface area (Å²) in [7, 11) is 0.0418. The van der Waals surface area contributed by atoms with Gasteiger partial charge in [-0.25, -0.2) is 0 Å². The minimum atomic E-state index is -3.46. The van der Waals surface area contributed by atoms with E-state index >= 15 is 0 Å². The highest BCUT2D eigenvalue weighted by Gasteiger charge is 2.59. The number of likely N-dealkylation sites (N-methyl/N-ethyl adjacent to an activating group) is 1. The molecule has 3 atom stereocenters. The molecular weight excluding hydrogens is 560 g/mol. The molecular formula is C30H36ClN6O3S+. The van der Waals surface area contributed by atoms with E-state index in [-0.39, 0.29) is 16.4 Å². The van der Waals surface area contributed by atoms with Gasteiger partial charge in [0.25, 0.3) is 0 Å². The van der Waals surface area contributed by atoms with Crippen LogP contribution < -0.4 is 0 Å². The van der Waals surface area contributed by atoms with Crippen molar-refractivity contribution in [2.45, 2.75) is 42.0 Å². The first-order chi connectivity index (χ1) is 19.7. The first-order valence-electron chi connectivity index (χ1n) is 14.0. The van der Waals surface area contributed by atoms with Crippen LogP contribution in [-0.4, -0.2) is 66.7 Å². The second-order valence-corrected chi connectivity index (χ2v) is 14.0. The van der Waals surface area contributed by atoms with Gasteiger partial charge in [0.2, 0.25) is 5.89 Å². The SMILES string of the molecule is CN(C[C@@]1(c2cccc(Cl)c2)C[C@H]1CN1CCC(c2nc(Cc3ccccc3)no2)CC1)[S+](=O)(O)c1cn(C)cn1. The highest BCUT2D eigenvalue weighted by Crippen LogP contribution is 2.56. The molecule has 2 aliphatic rings. The van der Waals surface area contributed by atoms with E-state index < -0.39 is 10.4 Å². The average Bonchev–Trinajstić information content (AvgIpc) is 3.26. The number of imidazole rings is 1. The molecule has 0 amide bonds. The van der Waals surface area contributed by atoms with Crippen LogP contribution in [0.2, 0.25) is 5.02 Å². The predicted octanol–water partition coefficient (Wildman–Crippen LogP) is 5.06. The van der Waals surface area contributed by atoms with Gasteiger partial charge in [0.1, 0.15) is 6.33 Å². The van der Waals surface area contributed by atoms with Crippen LogP contribution in [0.4, 0.5) is 0 Å². The Bertz CT molecular complexity index is 1540. The Balaban J connectivity index is 1.10. The molecule has 4 aromatic rings. The topological polar surface area (TPSA) is 101 Å². The summed E-state index contributed by atoms with van der Waals surface area (Å²) in [6.45, 7) is 3.26. The Hall–Kier alpha value is -2.89. The summed E-state index contributed by atoms with van der Waals surface area (Å²) in [4.78, 5) is 11.4. The van der Waals surface area contributed by atoms with E-state index in [1.54, 1.807) is 35.5 Å². The zero-order chi connectivity index (χ0) is 28.6. The van der Waals surface area contributed by atoms with Gasteiger partial charge < -0.3 is 14.0 Å². The molecule has 0 radical (unpaired) electrons. The van der Waals surface area contributed by atoms with Crippen LogP contribution in [-0.2, 0) is 33.5 Å². The van der Waals surface area contributed by atoms with E-state index in [1.165, 1.54) is 5.56 Å². The summed E-state index contributed by atoms with van der Waals surface area (Å²) in [6, 6.07) is 18.1. The molecule has 1 saturated heterocycles. The molecule has 2 aromatic carbocycles. The van der Waals surface area contributed by atoms with Gasteiger partial charge in [0.15, 0.2) is 5.82 Å². The number of hydrogen-bond donors (Lipinski definition) is 1. The summed E-state index contributed by atoms with van der Waals surface area (Å²) >= 11 is 6.40. The number of nitrogens with zero attached hydrogens (tertiary/aromatic N) is 6. The molecule has 1 saturated carbocycles. The molecule has 0 bridgehead atoms. The van der Waals surface area contributed by atoms with Crippen molar-refractivity contribution in [1.29, 1.82) is 0 Å². The molecule has 0 spiro atoms. The molecule has 9 nitrogen and oxygen atoms in total. The zero-order valence-electron chi connectivity index (χ0n) is 23.4. The van der Waals surface area contributed by atoms with Crippen LogP contribution in [0, 0.1) is 5.92 Å². The van der Waals surface area contributed by atoms with Crippen LogP contribution in [0.3, 0.4) is 0 Å². The van der Waals surface area contributed by atoms with Crippen LogP contribution in [0.1, 0.15) is 48.0 Å². The van der Waals surface area contributed by atoms with Crippen LogP contribution in [0.25, 0.3) is 0 Å². The van der Waals surface area contributed by atoms with Gasteiger partial charge >= 0.3 is 15.4 Å². The van der Waals surface area contributed by atoms with E-state index in [0.717, 1.165) is 56.2 Å². The lowest BCUT2D eigenvalue weighted by Crippen LogP contribution is -2.41. The van der Waals surface area contributed by atoms with Gasteiger partial charge in [0, 0.05) is 43.4 Å². The first kappa shape index (κ1) is 28.2. The van der Waals surface area contributed by atoms with E-state index in [4.69, 9.17) is 21.1 Å². The summed E-state index contributed by atoms with van der Waals surface area (Å²) in [5.41, 5.74) is 2.03. The molecule has 1 unspecified atom stereocenters. The number of halogens is 1. The third kappa shape index (κ3) is 6.03. The van der Waals surface area contributed by atoms with Crippen LogP contribution in [0.15, 0.2) is 76.7 Å². The lowest BCUT2D eigenvalue weighted by molar-refractivity contribution is 0.182. The van der Waals surface area contributed by atoms with Gasteiger partial charge in [-0.05, 0) is 65.7 Å². The third-order valence-corrected chi connectivity index (χ3v) is 10.6. The minimum absolute atomic E-state index is 0.177. The van der Waals surface area contributed by atoms with Crippen molar-refractivity contribution < 1.29 is 13.3 Å². The van der Waals surface area contributed by atoms with E-state index in [9.17, 15) is 8.76 Å². The van der Waals surface area contributed by atoms with Crippen molar-refractivity contribution in [2.24, 2.45) is 13.0 Å². The average molecular weight is 596 g/mol. The summed E-state index contributed by atoms with van der Waals surface area (Å²) in [6.07, 6.45) is 6.69. The molecule has 41 heavy (non-hydrogen) atoms. The zero-order valence-corrected chi connectivity index (χ0v) is 25.0. The van der Waals surface area contributed by atoms with Crippen molar-refractivity contribution in [2.75, 3.05) is 33.2 Å². The van der Waals surface area contributed by atoms with E-state index in [0.29, 0.717) is 23.9 Å². The lowest BCUT2D eigenvalue weighted by Gasteiger charge is -2.31. The molecule has 2 aromatic heterocycles. The van der Waals surface area contributed by atoms with Gasteiger partial charge in [-0.1, -0.05) is 63.5 Å². The maximum absolute atomic E-state index is 13.4. The molecule has 216 valence electrons. The molecule has 3 heterocycles. The lowest BCUT2D eigenvalue weighted by atomic mass is 9.92. The number of aromatic nitrogens is 4. The Morgan fingerprint density at radius 1 is 1.17 bits per heavy atom. The smallest absolute Gasteiger partial charge is 0.339 e. The molecule has 1 aliphatic heterocycles. The maximum Gasteiger partial charge on any atom is 0.346 e. The van der Waals surface area contributed by atoms with Crippen LogP contribution in [0.5, 0.6) is 0 Å². The van der Waals surface area contributed by atoms with E-state index in [1.807, 2.05) is 36.4 Å². The van der Waals surface area contributed by atoms with Crippen LogP contribution >= 0.6 is 11.6 Å². The fraction of sp³-hybridized carbons (Fsp3) is 0.433. The Morgan fingerprint density at radius 3 is 2.66 bits per heavy atom. The van der Waals surface area contributed by atoms with E-state index in [2.05, 4.69) is 33.2 Å². The van der Waals surface area contributed by atoms with Gasteiger partial charge in [-0.2, -0.15) is 14.5 Å². The summed E-state index contributed by atoms with van der Waals surface area (Å²) in [5.74, 6) is 2.08. The van der Waals surface area contributed by atoms with Crippen molar-refractivity contribution in [1.82, 2.24) is 28.9 Å². The fourth-order valence-corrected chi connectivity index (χ4v) is 7.59. The highest BCUT2D eigenvalue weighted by molar-refractivity contribution is 7.95. The predicted molar refractivity (Wildman–Crippen MR) is 158 cm³/mol. The Morgan fingerprint density at radius 2 is 1.95 bits per heavy atom. The van der Waals surface area contributed by atoms with Gasteiger partial charge in [0.05, 0.1) is 12.7 Å². The number of hydrogen-bond acceptors (Lipinski definition) is 6. The summed E-state index contributed by atoms with van der Waals surface area (Å²) < 4.78 is 33.4. The largest absolute Gasteiger partial charge is 0.346 e. The number of likely N-dealkylation sites (tertiary alicyclic amines) is 1. The normalized spacial score (nSPS) is 23.1. The van der Waals surface area contributed by atoms with Gasteiger partial charge in [-0.3, -0.25) is 0 Å². The Labute approximate surface area is 246 Å².